The van der Waals surface area contributed by atoms with Gasteiger partial charge in [-0.25, -0.2) is 10.2 Å². The maximum absolute atomic E-state index is 12.0. The molecule has 0 aliphatic carbocycles. The Bertz CT molecular complexity index is 1090. The fourth-order valence-corrected chi connectivity index (χ4v) is 2.99. The summed E-state index contributed by atoms with van der Waals surface area (Å²) in [4.78, 5) is 12.0. The minimum Gasteiger partial charge on any atom is -0.497 e. The van der Waals surface area contributed by atoms with Crippen molar-refractivity contribution in [3.8, 4) is 5.75 Å². The van der Waals surface area contributed by atoms with Crippen molar-refractivity contribution in [2.75, 3.05) is 23.1 Å². The number of methoxy groups -OCH3 is 1. The van der Waals surface area contributed by atoms with Gasteiger partial charge in [0.05, 0.1) is 12.8 Å². The average Bonchev–Trinajstić information content (AvgIpc) is 2.80. The standard InChI is InChI=1S/C24H25N5O2S/c1-16-4-8-19(9-5-16)25-23(30)29-28-17(2)18-6-10-20(11-7-18)26-24(32)27-21-12-14-22(31-3)15-13-21/h4-15H,1-3H3,(H2,25,29,30)(H2,26,27,32)/b28-17+. The van der Waals surface area contributed by atoms with Crippen molar-refractivity contribution in [3.05, 3.63) is 83.9 Å². The van der Waals surface area contributed by atoms with E-state index in [1.807, 2.05) is 86.6 Å². The molecule has 0 heterocycles. The molecule has 8 heteroatoms. The summed E-state index contributed by atoms with van der Waals surface area (Å²) in [6, 6.07) is 22.2. The van der Waals surface area contributed by atoms with E-state index in [-0.39, 0.29) is 0 Å². The fourth-order valence-electron chi connectivity index (χ4n) is 2.76. The van der Waals surface area contributed by atoms with Gasteiger partial charge in [0.2, 0.25) is 0 Å². The van der Waals surface area contributed by atoms with E-state index in [1.54, 1.807) is 7.11 Å². The number of anilines is 3. The van der Waals surface area contributed by atoms with Crippen LogP contribution in [0, 0.1) is 6.92 Å². The number of thiocarbonyl (C=S) groups is 1. The number of carbonyl (C=O) groups excluding carboxylic acids is 1. The van der Waals surface area contributed by atoms with Crippen molar-refractivity contribution in [1.82, 2.24) is 5.43 Å². The Kier molecular flexibility index (Phi) is 7.77. The van der Waals surface area contributed by atoms with Gasteiger partial charge in [0.15, 0.2) is 5.11 Å². The number of hydrazone groups is 1. The molecule has 3 aromatic carbocycles. The van der Waals surface area contributed by atoms with Crippen molar-refractivity contribution in [1.29, 1.82) is 0 Å². The minimum absolute atomic E-state index is 0.401. The molecule has 0 fully saturated rings. The molecule has 0 spiro atoms. The molecule has 3 aromatic rings. The fraction of sp³-hybridized carbons (Fsp3) is 0.125. The molecule has 0 saturated carbocycles. The van der Waals surface area contributed by atoms with Crippen LogP contribution in [-0.4, -0.2) is 24.0 Å². The first-order chi connectivity index (χ1) is 15.4. The third-order valence-electron chi connectivity index (χ3n) is 4.54. The summed E-state index contributed by atoms with van der Waals surface area (Å²) in [5.41, 5.74) is 7.58. The Morgan fingerprint density at radius 3 is 1.88 bits per heavy atom. The quantitative estimate of drug-likeness (QED) is 0.232. The number of nitrogens with one attached hydrogen (secondary N) is 4. The summed E-state index contributed by atoms with van der Waals surface area (Å²) in [5, 5.41) is 13.6. The van der Waals surface area contributed by atoms with Crippen molar-refractivity contribution < 1.29 is 9.53 Å². The van der Waals surface area contributed by atoms with Crippen molar-refractivity contribution in [3.63, 3.8) is 0 Å². The lowest BCUT2D eigenvalue weighted by Crippen LogP contribution is -2.25. The monoisotopic (exact) mass is 447 g/mol. The molecule has 0 radical (unpaired) electrons. The molecule has 0 aliphatic rings. The molecule has 0 aromatic heterocycles. The van der Waals surface area contributed by atoms with Crippen LogP contribution in [0.4, 0.5) is 21.9 Å². The second kappa shape index (κ2) is 10.9. The van der Waals surface area contributed by atoms with Crippen LogP contribution in [0.1, 0.15) is 18.1 Å². The summed E-state index contributed by atoms with van der Waals surface area (Å²) in [5.74, 6) is 0.782. The Balaban J connectivity index is 1.51. The van der Waals surface area contributed by atoms with Crippen LogP contribution in [0.25, 0.3) is 0 Å². The van der Waals surface area contributed by atoms with Gasteiger partial charge in [-0.1, -0.05) is 29.8 Å². The maximum Gasteiger partial charge on any atom is 0.339 e. The van der Waals surface area contributed by atoms with Crippen LogP contribution in [0.15, 0.2) is 77.9 Å². The zero-order valence-electron chi connectivity index (χ0n) is 18.1. The molecule has 0 bridgehead atoms. The first-order valence-corrected chi connectivity index (χ1v) is 10.3. The van der Waals surface area contributed by atoms with Crippen LogP contribution >= 0.6 is 12.2 Å². The molecule has 0 unspecified atom stereocenters. The summed E-state index contributed by atoms with van der Waals surface area (Å²) in [6.07, 6.45) is 0. The highest BCUT2D eigenvalue weighted by atomic mass is 32.1. The zero-order valence-corrected chi connectivity index (χ0v) is 18.9. The van der Waals surface area contributed by atoms with Crippen LogP contribution < -0.4 is 26.1 Å². The highest BCUT2D eigenvalue weighted by molar-refractivity contribution is 7.80. The van der Waals surface area contributed by atoms with Gasteiger partial charge in [-0.15, -0.1) is 0 Å². The first kappa shape index (κ1) is 22.8. The number of benzene rings is 3. The summed E-state index contributed by atoms with van der Waals surface area (Å²) < 4.78 is 5.15. The molecule has 32 heavy (non-hydrogen) atoms. The normalized spacial score (nSPS) is 10.8. The van der Waals surface area contributed by atoms with Crippen LogP contribution in [0.3, 0.4) is 0 Å². The number of aryl methyl sites for hydroxylation is 1. The van der Waals surface area contributed by atoms with Crippen molar-refractivity contribution in [2.24, 2.45) is 5.10 Å². The second-order valence-electron chi connectivity index (χ2n) is 7.01. The lowest BCUT2D eigenvalue weighted by Gasteiger charge is -2.11. The summed E-state index contributed by atoms with van der Waals surface area (Å²) in [6.45, 7) is 3.81. The second-order valence-corrected chi connectivity index (χ2v) is 7.42. The van der Waals surface area contributed by atoms with E-state index in [2.05, 4.69) is 26.5 Å². The molecule has 0 saturated heterocycles. The largest absolute Gasteiger partial charge is 0.497 e. The van der Waals surface area contributed by atoms with Gasteiger partial charge >= 0.3 is 6.03 Å². The maximum atomic E-state index is 12.0. The topological polar surface area (TPSA) is 86.8 Å². The molecule has 3 rings (SSSR count). The summed E-state index contributed by atoms with van der Waals surface area (Å²) >= 11 is 5.36. The molecular weight excluding hydrogens is 422 g/mol. The van der Waals surface area contributed by atoms with Crippen LogP contribution in [-0.2, 0) is 0 Å². The zero-order chi connectivity index (χ0) is 22.9. The van der Waals surface area contributed by atoms with Gasteiger partial charge in [0, 0.05) is 17.1 Å². The molecule has 4 N–H and O–H groups in total. The Morgan fingerprint density at radius 1 is 0.812 bits per heavy atom. The number of amides is 2. The molecular formula is C24H25N5O2S. The van der Waals surface area contributed by atoms with Crippen LogP contribution in [0.5, 0.6) is 5.75 Å². The lowest BCUT2D eigenvalue weighted by molar-refractivity contribution is 0.252. The van der Waals surface area contributed by atoms with Gasteiger partial charge in [-0.05, 0) is 80.2 Å². The molecule has 0 aliphatic heterocycles. The Labute approximate surface area is 192 Å². The van der Waals surface area contributed by atoms with E-state index in [4.69, 9.17) is 17.0 Å². The van der Waals surface area contributed by atoms with E-state index >= 15 is 0 Å². The number of ether oxygens (including phenoxy) is 1. The highest BCUT2D eigenvalue weighted by Gasteiger charge is 2.04. The Hall–Kier alpha value is -3.91. The van der Waals surface area contributed by atoms with E-state index in [1.165, 1.54) is 0 Å². The number of hydrogen-bond donors (Lipinski definition) is 4. The average molecular weight is 448 g/mol. The molecule has 2 amide bonds. The van der Waals surface area contributed by atoms with E-state index in [9.17, 15) is 4.79 Å². The number of rotatable bonds is 6. The van der Waals surface area contributed by atoms with E-state index < -0.39 is 6.03 Å². The predicted octanol–water partition coefficient (Wildman–Crippen LogP) is 5.36. The molecule has 164 valence electrons. The van der Waals surface area contributed by atoms with E-state index in [0.717, 1.165) is 28.3 Å². The first-order valence-electron chi connectivity index (χ1n) is 9.93. The molecule has 0 atom stereocenters. The van der Waals surface area contributed by atoms with Gasteiger partial charge in [-0.2, -0.15) is 5.10 Å². The third kappa shape index (κ3) is 6.82. The lowest BCUT2D eigenvalue weighted by atomic mass is 10.1. The van der Waals surface area contributed by atoms with Gasteiger partial charge in [0.1, 0.15) is 5.75 Å². The molecule has 7 nitrogen and oxygen atoms in total. The van der Waals surface area contributed by atoms with Gasteiger partial charge in [-0.3, -0.25) is 0 Å². The van der Waals surface area contributed by atoms with Crippen molar-refractivity contribution in [2.45, 2.75) is 13.8 Å². The van der Waals surface area contributed by atoms with Gasteiger partial charge < -0.3 is 20.7 Å². The number of nitrogens with zero attached hydrogens (tertiary/aromatic N) is 1. The Morgan fingerprint density at radius 2 is 1.31 bits per heavy atom. The summed E-state index contributed by atoms with van der Waals surface area (Å²) in [7, 11) is 1.63. The number of hydrogen-bond acceptors (Lipinski definition) is 4. The third-order valence-corrected chi connectivity index (χ3v) is 4.75. The number of carbonyl (C=O) groups is 1. The predicted molar refractivity (Wildman–Crippen MR) is 135 cm³/mol. The van der Waals surface area contributed by atoms with Crippen LogP contribution in [0.2, 0.25) is 0 Å². The SMILES string of the molecule is COc1ccc(NC(=S)Nc2ccc(/C(C)=N/NC(=O)Nc3ccc(C)cc3)cc2)cc1. The number of urea groups is 1. The van der Waals surface area contributed by atoms with Gasteiger partial charge in [0.25, 0.3) is 0 Å². The highest BCUT2D eigenvalue weighted by Crippen LogP contribution is 2.16. The van der Waals surface area contributed by atoms with E-state index in [0.29, 0.717) is 16.5 Å². The minimum atomic E-state index is -0.401. The van der Waals surface area contributed by atoms with Crippen molar-refractivity contribution >= 4 is 46.1 Å². The smallest absolute Gasteiger partial charge is 0.339 e.